The van der Waals surface area contributed by atoms with E-state index in [1.165, 1.54) is 5.56 Å². The lowest BCUT2D eigenvalue weighted by atomic mass is 9.88. The summed E-state index contributed by atoms with van der Waals surface area (Å²) in [7, 11) is 0. The summed E-state index contributed by atoms with van der Waals surface area (Å²) in [6, 6.07) is 12.3. The van der Waals surface area contributed by atoms with Crippen LogP contribution in [0.3, 0.4) is 0 Å². The molecular formula is C15H16N2O. The number of fused-ring (bicyclic) bond motifs is 1. The average Bonchev–Trinajstić information content (AvgIpc) is 2.42. The predicted octanol–water partition coefficient (Wildman–Crippen LogP) is 2.77. The Labute approximate surface area is 107 Å². The summed E-state index contributed by atoms with van der Waals surface area (Å²) >= 11 is 0. The molecule has 0 fully saturated rings. The van der Waals surface area contributed by atoms with Crippen molar-refractivity contribution in [3.8, 4) is 5.75 Å². The van der Waals surface area contributed by atoms with E-state index < -0.39 is 0 Å². The molecule has 0 aliphatic carbocycles. The summed E-state index contributed by atoms with van der Waals surface area (Å²) in [6.07, 6.45) is 3.70. The molecule has 1 unspecified atom stereocenters. The molecule has 2 N–H and O–H groups in total. The van der Waals surface area contributed by atoms with E-state index in [0.717, 1.165) is 30.8 Å². The highest BCUT2D eigenvalue weighted by Crippen LogP contribution is 2.35. The molecule has 3 rings (SSSR count). The Kier molecular flexibility index (Phi) is 2.89. The number of anilines is 1. The van der Waals surface area contributed by atoms with Crippen molar-refractivity contribution >= 4 is 5.82 Å². The zero-order valence-corrected chi connectivity index (χ0v) is 10.2. The zero-order chi connectivity index (χ0) is 12.4. The minimum Gasteiger partial charge on any atom is -0.493 e. The lowest BCUT2D eigenvalue weighted by Crippen LogP contribution is -2.16. The van der Waals surface area contributed by atoms with Crippen LogP contribution in [0.15, 0.2) is 42.6 Å². The van der Waals surface area contributed by atoms with Crippen molar-refractivity contribution in [2.24, 2.45) is 0 Å². The third-order valence-corrected chi connectivity index (χ3v) is 3.48. The maximum atomic E-state index is 5.92. The molecular weight excluding hydrogens is 224 g/mol. The molecule has 0 spiro atoms. The van der Waals surface area contributed by atoms with E-state index in [1.807, 2.05) is 18.2 Å². The zero-order valence-electron chi connectivity index (χ0n) is 10.2. The number of ether oxygens (including phenoxy) is 1. The van der Waals surface area contributed by atoms with Gasteiger partial charge >= 0.3 is 0 Å². The van der Waals surface area contributed by atoms with Gasteiger partial charge in [0.25, 0.3) is 0 Å². The van der Waals surface area contributed by atoms with Crippen LogP contribution in [-0.4, -0.2) is 11.6 Å². The molecule has 1 aliphatic rings. The smallest absolute Gasteiger partial charge is 0.126 e. The van der Waals surface area contributed by atoms with Crippen LogP contribution in [0, 0.1) is 0 Å². The molecule has 0 saturated heterocycles. The Morgan fingerprint density at radius 3 is 3.00 bits per heavy atom. The molecule has 3 nitrogen and oxygen atoms in total. The summed E-state index contributed by atoms with van der Waals surface area (Å²) in [6.45, 7) is 0.780. The number of para-hydroxylation sites is 1. The van der Waals surface area contributed by atoms with Crippen molar-refractivity contribution in [3.05, 3.63) is 53.7 Å². The topological polar surface area (TPSA) is 48.1 Å². The van der Waals surface area contributed by atoms with Gasteiger partial charge in [-0.3, -0.25) is 0 Å². The fourth-order valence-corrected chi connectivity index (χ4v) is 2.52. The van der Waals surface area contributed by atoms with Gasteiger partial charge in [-0.25, -0.2) is 4.98 Å². The largest absolute Gasteiger partial charge is 0.493 e. The number of aromatic nitrogens is 1. The Morgan fingerprint density at radius 1 is 1.22 bits per heavy atom. The third kappa shape index (κ3) is 2.04. The summed E-state index contributed by atoms with van der Waals surface area (Å²) < 4.78 is 5.67. The molecule has 1 atom stereocenters. The van der Waals surface area contributed by atoms with Crippen molar-refractivity contribution < 1.29 is 4.74 Å². The molecule has 2 aromatic rings. The van der Waals surface area contributed by atoms with Crippen molar-refractivity contribution in [2.75, 3.05) is 12.3 Å². The van der Waals surface area contributed by atoms with Crippen LogP contribution >= 0.6 is 0 Å². The lowest BCUT2D eigenvalue weighted by molar-refractivity contribution is 0.266. The van der Waals surface area contributed by atoms with Gasteiger partial charge in [0, 0.05) is 6.20 Å². The van der Waals surface area contributed by atoms with Gasteiger partial charge in [-0.2, -0.15) is 0 Å². The standard InChI is InChI=1S/C15H16N2O/c16-15-12(4-3-8-17-15)10-11-7-9-18-14-6-2-1-5-13(11)14/h1-6,8,11H,7,9-10H2,(H2,16,17). The van der Waals surface area contributed by atoms with Gasteiger partial charge in [0.05, 0.1) is 6.61 Å². The van der Waals surface area contributed by atoms with Gasteiger partial charge in [0.15, 0.2) is 0 Å². The van der Waals surface area contributed by atoms with E-state index in [-0.39, 0.29) is 0 Å². The SMILES string of the molecule is Nc1ncccc1CC1CCOc2ccccc21. The molecule has 18 heavy (non-hydrogen) atoms. The molecule has 0 bridgehead atoms. The number of benzene rings is 1. The maximum absolute atomic E-state index is 5.92. The lowest BCUT2D eigenvalue weighted by Gasteiger charge is -2.26. The highest BCUT2D eigenvalue weighted by Gasteiger charge is 2.21. The van der Waals surface area contributed by atoms with Gasteiger partial charge in [0.1, 0.15) is 11.6 Å². The summed E-state index contributed by atoms with van der Waals surface area (Å²) in [4.78, 5) is 4.15. The highest BCUT2D eigenvalue weighted by atomic mass is 16.5. The van der Waals surface area contributed by atoms with E-state index in [0.29, 0.717) is 11.7 Å². The number of hydrogen-bond donors (Lipinski definition) is 1. The van der Waals surface area contributed by atoms with Crippen molar-refractivity contribution in [2.45, 2.75) is 18.8 Å². The first-order valence-electron chi connectivity index (χ1n) is 6.25. The monoisotopic (exact) mass is 240 g/mol. The Hall–Kier alpha value is -2.03. The molecule has 1 aromatic heterocycles. The summed E-state index contributed by atoms with van der Waals surface area (Å²) in [5, 5.41) is 0. The van der Waals surface area contributed by atoms with Crippen molar-refractivity contribution in [1.82, 2.24) is 4.98 Å². The quantitative estimate of drug-likeness (QED) is 0.878. The second kappa shape index (κ2) is 4.69. The van der Waals surface area contributed by atoms with Crippen LogP contribution in [0.4, 0.5) is 5.82 Å². The normalized spacial score (nSPS) is 17.9. The van der Waals surface area contributed by atoms with E-state index in [2.05, 4.69) is 23.2 Å². The van der Waals surface area contributed by atoms with Gasteiger partial charge in [-0.15, -0.1) is 0 Å². The second-order valence-electron chi connectivity index (χ2n) is 4.62. The van der Waals surface area contributed by atoms with Gasteiger partial charge < -0.3 is 10.5 Å². The fraction of sp³-hybridized carbons (Fsp3) is 0.267. The van der Waals surface area contributed by atoms with E-state index in [1.54, 1.807) is 6.20 Å². The Bertz CT molecular complexity index is 554. The number of hydrogen-bond acceptors (Lipinski definition) is 3. The molecule has 0 saturated carbocycles. The van der Waals surface area contributed by atoms with E-state index >= 15 is 0 Å². The highest BCUT2D eigenvalue weighted by molar-refractivity contribution is 5.43. The minimum absolute atomic E-state index is 0.474. The van der Waals surface area contributed by atoms with Crippen LogP contribution in [0.2, 0.25) is 0 Å². The molecule has 1 aromatic carbocycles. The first-order valence-corrected chi connectivity index (χ1v) is 6.25. The number of nitrogen functional groups attached to an aromatic ring is 1. The second-order valence-corrected chi connectivity index (χ2v) is 4.62. The van der Waals surface area contributed by atoms with Gasteiger partial charge in [-0.1, -0.05) is 24.3 Å². The first kappa shape index (κ1) is 11.1. The van der Waals surface area contributed by atoms with Gasteiger partial charge in [-0.05, 0) is 42.0 Å². The van der Waals surface area contributed by atoms with E-state index in [4.69, 9.17) is 10.5 Å². The predicted molar refractivity (Wildman–Crippen MR) is 71.6 cm³/mol. The fourth-order valence-electron chi connectivity index (χ4n) is 2.52. The van der Waals surface area contributed by atoms with Crippen LogP contribution in [-0.2, 0) is 6.42 Å². The molecule has 0 amide bonds. The first-order chi connectivity index (χ1) is 8.84. The van der Waals surface area contributed by atoms with Gasteiger partial charge in [0.2, 0.25) is 0 Å². The molecule has 3 heteroatoms. The van der Waals surface area contributed by atoms with Crippen LogP contribution in [0.1, 0.15) is 23.5 Å². The van der Waals surface area contributed by atoms with Crippen LogP contribution < -0.4 is 10.5 Å². The molecule has 92 valence electrons. The summed E-state index contributed by atoms with van der Waals surface area (Å²) in [5.41, 5.74) is 8.32. The third-order valence-electron chi connectivity index (χ3n) is 3.48. The van der Waals surface area contributed by atoms with E-state index in [9.17, 15) is 0 Å². The minimum atomic E-state index is 0.474. The van der Waals surface area contributed by atoms with Crippen molar-refractivity contribution in [3.63, 3.8) is 0 Å². The average molecular weight is 240 g/mol. The number of nitrogens with zero attached hydrogens (tertiary/aromatic N) is 1. The molecule has 2 heterocycles. The number of pyridine rings is 1. The summed E-state index contributed by atoms with van der Waals surface area (Å²) in [5.74, 6) is 2.12. The van der Waals surface area contributed by atoms with Crippen molar-refractivity contribution in [1.29, 1.82) is 0 Å². The number of rotatable bonds is 2. The Balaban J connectivity index is 1.89. The Morgan fingerprint density at radius 2 is 2.11 bits per heavy atom. The van der Waals surface area contributed by atoms with Crippen LogP contribution in [0.25, 0.3) is 0 Å². The molecule has 0 radical (unpaired) electrons. The number of nitrogens with two attached hydrogens (primary N) is 1. The maximum Gasteiger partial charge on any atom is 0.126 e. The van der Waals surface area contributed by atoms with Crippen LogP contribution in [0.5, 0.6) is 5.75 Å². The molecule has 1 aliphatic heterocycles.